The third-order valence-corrected chi connectivity index (χ3v) is 4.54. The summed E-state index contributed by atoms with van der Waals surface area (Å²) in [4.78, 5) is 16.1. The Kier molecular flexibility index (Phi) is 10.7. The van der Waals surface area contributed by atoms with Crippen molar-refractivity contribution in [3.8, 4) is 5.75 Å². The number of benzene rings is 2. The molecular weight excluding hydrogens is 362 g/mol. The molecule has 3 rings (SSSR count). The lowest BCUT2D eigenvalue weighted by Crippen LogP contribution is -2.20. The fraction of sp³-hybridized carbons (Fsp3) is 0.440. The van der Waals surface area contributed by atoms with Gasteiger partial charge < -0.3 is 9.47 Å². The third-order valence-electron chi connectivity index (χ3n) is 4.54. The number of methoxy groups -OCH3 is 1. The maximum absolute atomic E-state index is 12.0. The number of carbonyl (C=O) groups is 1. The topological polar surface area (TPSA) is 47.9 Å². The van der Waals surface area contributed by atoms with E-state index >= 15 is 0 Å². The molecule has 0 radical (unpaired) electrons. The number of aryl methyl sites for hydroxylation is 2. The van der Waals surface area contributed by atoms with Crippen molar-refractivity contribution in [1.29, 1.82) is 0 Å². The van der Waals surface area contributed by atoms with Gasteiger partial charge in [-0.2, -0.15) is 0 Å². The van der Waals surface area contributed by atoms with Gasteiger partial charge in [0.1, 0.15) is 12.4 Å². The summed E-state index contributed by atoms with van der Waals surface area (Å²) in [5.74, 6) is 1.46. The molecule has 1 fully saturated rings. The molecule has 1 aliphatic rings. The number of rotatable bonds is 5. The average Bonchev–Trinajstić information content (AvgIpc) is 3.53. The summed E-state index contributed by atoms with van der Waals surface area (Å²) >= 11 is 0. The molecule has 0 saturated heterocycles. The van der Waals surface area contributed by atoms with E-state index in [1.54, 1.807) is 7.05 Å². The zero-order valence-corrected chi connectivity index (χ0v) is 18.9. The van der Waals surface area contributed by atoms with Crippen molar-refractivity contribution >= 4 is 11.7 Å². The van der Waals surface area contributed by atoms with E-state index in [2.05, 4.69) is 11.9 Å². The molecule has 29 heavy (non-hydrogen) atoms. The van der Waals surface area contributed by atoms with E-state index < -0.39 is 5.97 Å². The molecule has 4 nitrogen and oxygen atoms in total. The van der Waals surface area contributed by atoms with Gasteiger partial charge in [0.05, 0.1) is 7.11 Å². The van der Waals surface area contributed by atoms with Crippen LogP contribution in [0.2, 0.25) is 0 Å². The predicted molar refractivity (Wildman–Crippen MR) is 121 cm³/mol. The van der Waals surface area contributed by atoms with Gasteiger partial charge in [0, 0.05) is 12.6 Å². The molecule has 0 aromatic heterocycles. The van der Waals surface area contributed by atoms with E-state index in [-0.39, 0.29) is 0 Å². The van der Waals surface area contributed by atoms with Crippen molar-refractivity contribution in [2.75, 3.05) is 14.2 Å². The van der Waals surface area contributed by atoms with Gasteiger partial charge in [0.15, 0.2) is 5.71 Å². The van der Waals surface area contributed by atoms with Crippen molar-refractivity contribution in [2.45, 2.75) is 54.1 Å². The molecule has 0 unspecified atom stereocenters. The lowest BCUT2D eigenvalue weighted by molar-refractivity contribution is -0.132. The fourth-order valence-corrected chi connectivity index (χ4v) is 2.63. The van der Waals surface area contributed by atoms with Crippen LogP contribution in [0.1, 0.15) is 55.9 Å². The Balaban J connectivity index is 0.000000609. The molecule has 0 heterocycles. The van der Waals surface area contributed by atoms with Gasteiger partial charge in [-0.1, -0.05) is 70.0 Å². The first kappa shape index (κ1) is 24.4. The second kappa shape index (κ2) is 12.8. The minimum atomic E-state index is -0.445. The normalized spacial score (nSPS) is 12.7. The molecule has 0 spiro atoms. The Labute approximate surface area is 176 Å². The van der Waals surface area contributed by atoms with E-state index in [0.29, 0.717) is 12.3 Å². The lowest BCUT2D eigenvalue weighted by Gasteiger charge is -2.15. The van der Waals surface area contributed by atoms with Crippen molar-refractivity contribution in [3.63, 3.8) is 0 Å². The highest BCUT2D eigenvalue weighted by atomic mass is 16.5. The molecule has 4 heteroatoms. The van der Waals surface area contributed by atoms with E-state index in [9.17, 15) is 4.79 Å². The minimum absolute atomic E-state index is 0.314. The van der Waals surface area contributed by atoms with Crippen molar-refractivity contribution in [3.05, 3.63) is 64.7 Å². The van der Waals surface area contributed by atoms with E-state index in [1.165, 1.54) is 20.0 Å². The molecule has 1 saturated carbocycles. The Bertz CT molecular complexity index is 807. The standard InChI is InChI=1S/C19H21NO3.C4H8.C2H6/c1-13-8-5-6-11-16(13)23-12-15-10-7-9-14(2)17(15)18(20-3)19(21)22-4;1-4-2-3-4;1-2/h5-11H,12H2,1-4H3;4H,2-3H2,1H3;1-2H3. The molecule has 0 N–H and O–H groups in total. The van der Waals surface area contributed by atoms with Gasteiger partial charge in [0.2, 0.25) is 0 Å². The molecule has 158 valence electrons. The van der Waals surface area contributed by atoms with Gasteiger partial charge in [-0.15, -0.1) is 0 Å². The number of esters is 1. The Morgan fingerprint density at radius 1 is 1.03 bits per heavy atom. The molecule has 0 amide bonds. The Morgan fingerprint density at radius 2 is 1.62 bits per heavy atom. The van der Waals surface area contributed by atoms with Gasteiger partial charge in [-0.3, -0.25) is 4.99 Å². The first-order valence-electron chi connectivity index (χ1n) is 10.3. The van der Waals surface area contributed by atoms with Crippen molar-refractivity contribution in [1.82, 2.24) is 0 Å². The highest BCUT2D eigenvalue weighted by molar-refractivity contribution is 6.43. The number of carbonyl (C=O) groups excluding carboxylic acids is 1. The van der Waals surface area contributed by atoms with Crippen LogP contribution in [-0.4, -0.2) is 25.8 Å². The zero-order chi connectivity index (χ0) is 21.8. The monoisotopic (exact) mass is 397 g/mol. The molecule has 0 atom stereocenters. The van der Waals surface area contributed by atoms with Crippen LogP contribution in [0.4, 0.5) is 0 Å². The largest absolute Gasteiger partial charge is 0.489 e. The maximum Gasteiger partial charge on any atom is 0.356 e. The minimum Gasteiger partial charge on any atom is -0.489 e. The van der Waals surface area contributed by atoms with Crippen LogP contribution in [-0.2, 0) is 16.1 Å². The van der Waals surface area contributed by atoms with Gasteiger partial charge in [-0.05, 0) is 42.5 Å². The summed E-state index contributed by atoms with van der Waals surface area (Å²) in [5, 5.41) is 0. The summed E-state index contributed by atoms with van der Waals surface area (Å²) in [6, 6.07) is 13.7. The molecule has 0 bridgehead atoms. The van der Waals surface area contributed by atoms with Crippen LogP contribution in [0.5, 0.6) is 5.75 Å². The molecular formula is C25H35NO3. The number of ether oxygens (including phenoxy) is 2. The summed E-state index contributed by atoms with van der Waals surface area (Å²) in [7, 11) is 2.94. The lowest BCUT2D eigenvalue weighted by atomic mass is 9.98. The second-order valence-electron chi connectivity index (χ2n) is 6.91. The SMILES string of the molecule is CC.CC1CC1.CN=C(C(=O)OC)c1c(C)cccc1COc1ccccc1C. The van der Waals surface area contributed by atoms with Gasteiger partial charge >= 0.3 is 5.97 Å². The van der Waals surface area contributed by atoms with Crippen LogP contribution in [0, 0.1) is 19.8 Å². The molecule has 1 aliphatic carbocycles. The van der Waals surface area contributed by atoms with Crippen LogP contribution in [0.15, 0.2) is 47.5 Å². The fourth-order valence-electron chi connectivity index (χ4n) is 2.63. The summed E-state index contributed by atoms with van der Waals surface area (Å²) in [5.41, 5.74) is 4.02. The summed E-state index contributed by atoms with van der Waals surface area (Å²) in [6.07, 6.45) is 2.97. The van der Waals surface area contributed by atoms with Crippen molar-refractivity contribution < 1.29 is 14.3 Å². The molecule has 2 aromatic rings. The van der Waals surface area contributed by atoms with Crippen LogP contribution in [0.25, 0.3) is 0 Å². The van der Waals surface area contributed by atoms with E-state index in [1.807, 2.05) is 70.2 Å². The number of para-hydroxylation sites is 1. The maximum atomic E-state index is 12.0. The zero-order valence-electron chi connectivity index (χ0n) is 18.9. The predicted octanol–water partition coefficient (Wildman–Crippen LogP) is 5.92. The van der Waals surface area contributed by atoms with Crippen LogP contribution < -0.4 is 4.74 Å². The molecule has 2 aromatic carbocycles. The van der Waals surface area contributed by atoms with E-state index in [0.717, 1.165) is 33.9 Å². The number of hydrogen-bond donors (Lipinski definition) is 0. The second-order valence-corrected chi connectivity index (χ2v) is 6.91. The average molecular weight is 398 g/mol. The smallest absolute Gasteiger partial charge is 0.356 e. The Hall–Kier alpha value is -2.62. The van der Waals surface area contributed by atoms with Crippen LogP contribution >= 0.6 is 0 Å². The van der Waals surface area contributed by atoms with Gasteiger partial charge in [0.25, 0.3) is 0 Å². The van der Waals surface area contributed by atoms with Gasteiger partial charge in [-0.25, -0.2) is 4.79 Å². The Morgan fingerprint density at radius 3 is 2.14 bits per heavy atom. The van der Waals surface area contributed by atoms with Crippen LogP contribution in [0.3, 0.4) is 0 Å². The van der Waals surface area contributed by atoms with E-state index in [4.69, 9.17) is 9.47 Å². The molecule has 0 aliphatic heterocycles. The highest BCUT2D eigenvalue weighted by Gasteiger charge is 2.19. The summed E-state index contributed by atoms with van der Waals surface area (Å²) in [6.45, 7) is 10.6. The number of nitrogens with zero attached hydrogens (tertiary/aromatic N) is 1. The quantitative estimate of drug-likeness (QED) is 0.465. The van der Waals surface area contributed by atoms with Crippen molar-refractivity contribution in [2.24, 2.45) is 10.9 Å². The third kappa shape index (κ3) is 7.72. The summed E-state index contributed by atoms with van der Waals surface area (Å²) < 4.78 is 10.8. The first-order chi connectivity index (χ1) is 14.0. The number of hydrogen-bond acceptors (Lipinski definition) is 4. The highest BCUT2D eigenvalue weighted by Crippen LogP contribution is 2.26. The number of aliphatic imine (C=N–C) groups is 1. The first-order valence-corrected chi connectivity index (χ1v) is 10.3.